The molecule has 0 spiro atoms. The van der Waals surface area contributed by atoms with E-state index in [1.54, 1.807) is 0 Å². The molecule has 0 radical (unpaired) electrons. The number of aromatic amines is 1. The summed E-state index contributed by atoms with van der Waals surface area (Å²) in [6.07, 6.45) is 1.24. The van der Waals surface area contributed by atoms with E-state index in [1.165, 1.54) is 13.1 Å². The molecule has 0 atom stereocenters. The van der Waals surface area contributed by atoms with Gasteiger partial charge < -0.3 is 10.4 Å². The molecule has 8 heteroatoms. The molecule has 3 N–H and O–H groups in total. The fourth-order valence-electron chi connectivity index (χ4n) is 1.12. The van der Waals surface area contributed by atoms with Crippen molar-refractivity contribution in [2.75, 3.05) is 6.54 Å². The molecule has 1 aromatic heterocycles. The van der Waals surface area contributed by atoms with E-state index >= 15 is 0 Å². The molecule has 0 aromatic carbocycles. The van der Waals surface area contributed by atoms with Crippen LogP contribution in [0.25, 0.3) is 0 Å². The van der Waals surface area contributed by atoms with Crippen molar-refractivity contribution in [3.63, 3.8) is 0 Å². The molecular weight excluding hydrogens is 230 g/mol. The maximum Gasteiger partial charge on any atom is 0.328 e. The summed E-state index contributed by atoms with van der Waals surface area (Å²) in [5, 5.41) is 10.4. The van der Waals surface area contributed by atoms with Gasteiger partial charge in [0, 0.05) is 11.8 Å². The maximum absolute atomic E-state index is 11.3. The highest BCUT2D eigenvalue weighted by Crippen LogP contribution is 1.84. The van der Waals surface area contributed by atoms with Gasteiger partial charge in [-0.1, -0.05) is 0 Å². The Morgan fingerprint density at radius 3 is 2.71 bits per heavy atom. The van der Waals surface area contributed by atoms with E-state index in [0.717, 1.165) is 4.57 Å². The number of nitrogens with one attached hydrogen (secondary N) is 2. The monoisotopic (exact) mass is 241 g/mol. The summed E-state index contributed by atoms with van der Waals surface area (Å²) in [5.41, 5.74) is -0.945. The topological polar surface area (TPSA) is 121 Å². The van der Waals surface area contributed by atoms with Crippen molar-refractivity contribution in [3.8, 4) is 0 Å². The molecule has 1 heterocycles. The smallest absolute Gasteiger partial charge is 0.328 e. The van der Waals surface area contributed by atoms with Crippen molar-refractivity contribution in [1.82, 2.24) is 14.9 Å². The van der Waals surface area contributed by atoms with E-state index < -0.39 is 29.7 Å². The number of aromatic nitrogens is 2. The number of carboxylic acid groups (broad SMARTS) is 1. The van der Waals surface area contributed by atoms with Crippen LogP contribution in [0.3, 0.4) is 0 Å². The number of aryl methyl sites for hydroxylation is 1. The number of aliphatic carboxylic acids is 1. The number of nitrogens with zero attached hydrogens (tertiary/aromatic N) is 1. The zero-order valence-corrected chi connectivity index (χ0v) is 9.02. The first-order valence-electron chi connectivity index (χ1n) is 4.69. The lowest BCUT2D eigenvalue weighted by atomic mass is 10.4. The molecule has 0 saturated carbocycles. The van der Waals surface area contributed by atoms with Gasteiger partial charge in [0.15, 0.2) is 0 Å². The molecule has 0 bridgehead atoms. The molecule has 1 aromatic rings. The maximum atomic E-state index is 11.3. The molecule has 92 valence electrons. The third-order valence-corrected chi connectivity index (χ3v) is 1.94. The van der Waals surface area contributed by atoms with Gasteiger partial charge in [0.2, 0.25) is 5.91 Å². The lowest BCUT2D eigenvalue weighted by molar-refractivity contribution is -0.138. The van der Waals surface area contributed by atoms with Crippen LogP contribution in [0.1, 0.15) is 5.56 Å². The van der Waals surface area contributed by atoms with Crippen LogP contribution in [-0.4, -0.2) is 33.1 Å². The van der Waals surface area contributed by atoms with Crippen LogP contribution < -0.4 is 16.6 Å². The van der Waals surface area contributed by atoms with Crippen LogP contribution in [0, 0.1) is 6.92 Å². The minimum Gasteiger partial charge on any atom is -0.480 e. The molecule has 0 fully saturated rings. The lowest BCUT2D eigenvalue weighted by Gasteiger charge is -2.05. The van der Waals surface area contributed by atoms with Gasteiger partial charge in [-0.25, -0.2) is 4.79 Å². The zero-order chi connectivity index (χ0) is 13.0. The second-order valence-electron chi connectivity index (χ2n) is 3.37. The summed E-state index contributed by atoms with van der Waals surface area (Å²) in [5.74, 6) is -1.80. The Bertz CT molecular complexity index is 556. The second kappa shape index (κ2) is 5.10. The fourth-order valence-corrected chi connectivity index (χ4v) is 1.12. The van der Waals surface area contributed by atoms with Gasteiger partial charge in [0.05, 0.1) is 0 Å². The summed E-state index contributed by atoms with van der Waals surface area (Å²) in [7, 11) is 0. The number of hydrogen-bond acceptors (Lipinski definition) is 4. The molecule has 0 aliphatic heterocycles. The normalized spacial score (nSPS) is 9.94. The zero-order valence-electron chi connectivity index (χ0n) is 9.02. The van der Waals surface area contributed by atoms with Crippen LogP contribution in [0.4, 0.5) is 0 Å². The van der Waals surface area contributed by atoms with Crippen LogP contribution in [-0.2, 0) is 16.1 Å². The third-order valence-electron chi connectivity index (χ3n) is 1.94. The van der Waals surface area contributed by atoms with Crippen molar-refractivity contribution in [2.24, 2.45) is 0 Å². The standard InChI is InChI=1S/C9H11N3O5/c1-5-3-12(9(17)11-8(5)16)4-6(13)10-2-7(14)15/h3H,2,4H2,1H3,(H,10,13)(H,14,15)(H,11,16,17). The van der Waals surface area contributed by atoms with Gasteiger partial charge >= 0.3 is 11.7 Å². The summed E-state index contributed by atoms with van der Waals surface area (Å²) in [6.45, 7) is 0.629. The van der Waals surface area contributed by atoms with Gasteiger partial charge in [-0.2, -0.15) is 0 Å². The van der Waals surface area contributed by atoms with Crippen molar-refractivity contribution in [3.05, 3.63) is 32.6 Å². The Labute approximate surface area is 94.9 Å². The Balaban J connectivity index is 2.79. The van der Waals surface area contributed by atoms with Crippen molar-refractivity contribution in [2.45, 2.75) is 13.5 Å². The molecule has 17 heavy (non-hydrogen) atoms. The molecular formula is C9H11N3O5. The van der Waals surface area contributed by atoms with Crippen LogP contribution in [0.2, 0.25) is 0 Å². The van der Waals surface area contributed by atoms with Gasteiger partial charge in [-0.3, -0.25) is 23.9 Å². The second-order valence-corrected chi connectivity index (χ2v) is 3.37. The molecule has 8 nitrogen and oxygen atoms in total. The number of amides is 1. The van der Waals surface area contributed by atoms with Crippen LogP contribution >= 0.6 is 0 Å². The van der Waals surface area contributed by atoms with E-state index in [9.17, 15) is 19.2 Å². The van der Waals surface area contributed by atoms with E-state index in [0.29, 0.717) is 0 Å². The van der Waals surface area contributed by atoms with Gasteiger partial charge in [0.25, 0.3) is 5.56 Å². The van der Waals surface area contributed by atoms with Crippen molar-refractivity contribution >= 4 is 11.9 Å². The highest BCUT2D eigenvalue weighted by molar-refractivity contribution is 5.80. The lowest BCUT2D eigenvalue weighted by Crippen LogP contribution is -2.38. The van der Waals surface area contributed by atoms with E-state index in [1.807, 2.05) is 4.98 Å². The summed E-state index contributed by atoms with van der Waals surface area (Å²) in [4.78, 5) is 45.8. The quantitative estimate of drug-likeness (QED) is 0.565. The largest absolute Gasteiger partial charge is 0.480 e. The number of carboxylic acids is 1. The van der Waals surface area contributed by atoms with Gasteiger partial charge in [0.1, 0.15) is 13.1 Å². The Morgan fingerprint density at radius 2 is 2.12 bits per heavy atom. The molecule has 0 aliphatic rings. The first kappa shape index (κ1) is 12.7. The Morgan fingerprint density at radius 1 is 1.47 bits per heavy atom. The van der Waals surface area contributed by atoms with E-state index in [2.05, 4.69) is 5.32 Å². The summed E-state index contributed by atoms with van der Waals surface area (Å²) in [6, 6.07) is 0. The molecule has 1 rings (SSSR count). The average molecular weight is 241 g/mol. The minimum atomic E-state index is -1.18. The molecule has 0 aliphatic carbocycles. The summed E-state index contributed by atoms with van der Waals surface area (Å²) < 4.78 is 0.994. The Hall–Kier alpha value is -2.38. The SMILES string of the molecule is Cc1cn(CC(=O)NCC(=O)O)c(=O)[nH]c1=O. The third kappa shape index (κ3) is 3.59. The van der Waals surface area contributed by atoms with Gasteiger partial charge in [-0.05, 0) is 6.92 Å². The number of carbonyl (C=O) groups is 2. The number of carbonyl (C=O) groups excluding carboxylic acids is 1. The summed E-state index contributed by atoms with van der Waals surface area (Å²) >= 11 is 0. The first-order valence-corrected chi connectivity index (χ1v) is 4.69. The van der Waals surface area contributed by atoms with Crippen molar-refractivity contribution < 1.29 is 14.7 Å². The first-order chi connectivity index (χ1) is 7.90. The minimum absolute atomic E-state index is 0.288. The van der Waals surface area contributed by atoms with E-state index in [-0.39, 0.29) is 12.1 Å². The van der Waals surface area contributed by atoms with Gasteiger partial charge in [-0.15, -0.1) is 0 Å². The fraction of sp³-hybridized carbons (Fsp3) is 0.333. The number of rotatable bonds is 4. The number of H-pyrrole nitrogens is 1. The van der Waals surface area contributed by atoms with Crippen LogP contribution in [0.15, 0.2) is 15.8 Å². The highest BCUT2D eigenvalue weighted by atomic mass is 16.4. The predicted molar refractivity (Wildman–Crippen MR) is 56.7 cm³/mol. The molecule has 0 unspecified atom stereocenters. The predicted octanol–water partition coefficient (Wildman–Crippen LogP) is -1.95. The number of hydrogen-bond donors (Lipinski definition) is 3. The molecule has 1 amide bonds. The highest BCUT2D eigenvalue weighted by Gasteiger charge is 2.07. The Kier molecular flexibility index (Phi) is 3.81. The van der Waals surface area contributed by atoms with E-state index in [4.69, 9.17) is 5.11 Å². The average Bonchev–Trinajstić information content (AvgIpc) is 2.23. The van der Waals surface area contributed by atoms with Crippen LogP contribution in [0.5, 0.6) is 0 Å². The molecule has 0 saturated heterocycles. The van der Waals surface area contributed by atoms with Crippen molar-refractivity contribution in [1.29, 1.82) is 0 Å².